The summed E-state index contributed by atoms with van der Waals surface area (Å²) in [6.45, 7) is 5.02. The smallest absolute Gasteiger partial charge is 0.325 e. The minimum atomic E-state index is -1.07. The van der Waals surface area contributed by atoms with Gasteiger partial charge in [-0.15, -0.1) is 0 Å². The van der Waals surface area contributed by atoms with Crippen LogP contribution >= 0.6 is 0 Å². The van der Waals surface area contributed by atoms with Crippen LogP contribution in [0.25, 0.3) is 0 Å². The largest absolute Gasteiger partial charge is 0.483 e. The van der Waals surface area contributed by atoms with Gasteiger partial charge < -0.3 is 15.2 Å². The fraction of sp³-hybridized carbons (Fsp3) is 0.385. The fourth-order valence-electron chi connectivity index (χ4n) is 1.35. The van der Waals surface area contributed by atoms with Crippen molar-refractivity contribution in [1.82, 2.24) is 5.32 Å². The molecule has 0 fully saturated rings. The van der Waals surface area contributed by atoms with E-state index < -0.39 is 17.9 Å². The zero-order valence-corrected chi connectivity index (χ0v) is 10.7. The highest BCUT2D eigenvalue weighted by molar-refractivity contribution is 5.84. The molecule has 1 aromatic carbocycles. The van der Waals surface area contributed by atoms with Gasteiger partial charge in [-0.05, 0) is 38.0 Å². The van der Waals surface area contributed by atoms with Crippen LogP contribution in [-0.4, -0.2) is 29.6 Å². The average Bonchev–Trinajstić information content (AvgIpc) is 2.30. The molecule has 0 spiro atoms. The maximum absolute atomic E-state index is 11.4. The predicted octanol–water partition coefficient (Wildman–Crippen LogP) is 1.27. The van der Waals surface area contributed by atoms with Gasteiger partial charge in [-0.25, -0.2) is 0 Å². The van der Waals surface area contributed by atoms with Crippen LogP contribution in [0.2, 0.25) is 0 Å². The van der Waals surface area contributed by atoms with Crippen molar-refractivity contribution < 1.29 is 19.4 Å². The molecule has 5 heteroatoms. The van der Waals surface area contributed by atoms with Gasteiger partial charge in [0, 0.05) is 0 Å². The van der Waals surface area contributed by atoms with Gasteiger partial charge in [0.05, 0.1) is 0 Å². The van der Waals surface area contributed by atoms with Crippen LogP contribution in [0.3, 0.4) is 0 Å². The molecular formula is C13H17NO4. The van der Waals surface area contributed by atoms with Crippen molar-refractivity contribution in [2.75, 3.05) is 6.61 Å². The molecule has 0 unspecified atom stereocenters. The van der Waals surface area contributed by atoms with E-state index in [1.807, 2.05) is 32.0 Å². The molecule has 0 aliphatic heterocycles. The summed E-state index contributed by atoms with van der Waals surface area (Å²) in [6.07, 6.45) is 0. The quantitative estimate of drug-likeness (QED) is 0.826. The molecule has 2 N–H and O–H groups in total. The first-order chi connectivity index (χ1) is 8.40. The number of hydrogen-bond acceptors (Lipinski definition) is 3. The third-order valence-electron chi connectivity index (χ3n) is 2.45. The first-order valence-electron chi connectivity index (χ1n) is 5.62. The fourth-order valence-corrected chi connectivity index (χ4v) is 1.35. The Balaban J connectivity index is 2.52. The second kappa shape index (κ2) is 6.05. The topological polar surface area (TPSA) is 75.6 Å². The Morgan fingerprint density at radius 2 is 2.06 bits per heavy atom. The standard InChI is InChI=1S/C13H17NO4/c1-8-4-5-9(2)11(6-8)18-7-12(15)14-10(3)13(16)17/h4-6,10H,7H2,1-3H3,(H,14,15)(H,16,17)/t10-/m0/s1. The summed E-state index contributed by atoms with van der Waals surface area (Å²) in [7, 11) is 0. The van der Waals surface area contributed by atoms with E-state index in [9.17, 15) is 9.59 Å². The molecule has 18 heavy (non-hydrogen) atoms. The predicted molar refractivity (Wildman–Crippen MR) is 66.7 cm³/mol. The summed E-state index contributed by atoms with van der Waals surface area (Å²) in [5.74, 6) is -0.894. The molecule has 0 aliphatic carbocycles. The molecule has 0 aliphatic rings. The highest BCUT2D eigenvalue weighted by Crippen LogP contribution is 2.18. The number of amides is 1. The van der Waals surface area contributed by atoms with Crippen molar-refractivity contribution in [3.63, 3.8) is 0 Å². The highest BCUT2D eigenvalue weighted by Gasteiger charge is 2.14. The monoisotopic (exact) mass is 251 g/mol. The van der Waals surface area contributed by atoms with E-state index in [1.165, 1.54) is 6.92 Å². The van der Waals surface area contributed by atoms with Gasteiger partial charge in [0.15, 0.2) is 6.61 Å². The summed E-state index contributed by atoms with van der Waals surface area (Å²) in [5.41, 5.74) is 1.97. The van der Waals surface area contributed by atoms with Crippen molar-refractivity contribution in [2.45, 2.75) is 26.8 Å². The SMILES string of the molecule is Cc1ccc(C)c(OCC(=O)N[C@@H](C)C(=O)O)c1. The molecule has 98 valence electrons. The Morgan fingerprint density at radius 3 is 2.67 bits per heavy atom. The number of carbonyl (C=O) groups excluding carboxylic acids is 1. The Bertz CT molecular complexity index is 456. The van der Waals surface area contributed by atoms with E-state index >= 15 is 0 Å². The van der Waals surface area contributed by atoms with E-state index in [-0.39, 0.29) is 6.61 Å². The number of nitrogens with one attached hydrogen (secondary N) is 1. The molecule has 1 atom stereocenters. The van der Waals surface area contributed by atoms with Gasteiger partial charge in [-0.3, -0.25) is 9.59 Å². The maximum atomic E-state index is 11.4. The first-order valence-corrected chi connectivity index (χ1v) is 5.62. The molecule has 0 bridgehead atoms. The van der Waals surface area contributed by atoms with Gasteiger partial charge >= 0.3 is 5.97 Å². The number of rotatable bonds is 5. The normalized spacial score (nSPS) is 11.7. The molecule has 0 saturated heterocycles. The van der Waals surface area contributed by atoms with Gasteiger partial charge in [0.2, 0.25) is 0 Å². The Morgan fingerprint density at radius 1 is 1.39 bits per heavy atom. The molecule has 1 aromatic rings. The molecular weight excluding hydrogens is 234 g/mol. The van der Waals surface area contributed by atoms with Crippen molar-refractivity contribution in [3.8, 4) is 5.75 Å². The molecule has 0 aromatic heterocycles. The number of aliphatic carboxylic acids is 1. The number of carboxylic acid groups (broad SMARTS) is 1. The second-order valence-electron chi connectivity index (χ2n) is 4.19. The number of ether oxygens (including phenoxy) is 1. The van der Waals surface area contributed by atoms with E-state index in [2.05, 4.69) is 5.32 Å². The van der Waals surface area contributed by atoms with E-state index in [4.69, 9.17) is 9.84 Å². The number of hydrogen-bond donors (Lipinski definition) is 2. The number of aryl methyl sites for hydroxylation is 2. The van der Waals surface area contributed by atoms with Crippen LogP contribution in [0, 0.1) is 13.8 Å². The molecule has 5 nitrogen and oxygen atoms in total. The van der Waals surface area contributed by atoms with Crippen LogP contribution in [0.5, 0.6) is 5.75 Å². The van der Waals surface area contributed by atoms with Crippen molar-refractivity contribution >= 4 is 11.9 Å². The van der Waals surface area contributed by atoms with Gasteiger partial charge in [-0.1, -0.05) is 12.1 Å². The summed E-state index contributed by atoms with van der Waals surface area (Å²) in [6, 6.07) is 4.78. The molecule has 1 rings (SSSR count). The van der Waals surface area contributed by atoms with Crippen LogP contribution in [0.1, 0.15) is 18.1 Å². The van der Waals surface area contributed by atoms with E-state index in [1.54, 1.807) is 0 Å². The lowest BCUT2D eigenvalue weighted by atomic mass is 10.1. The number of carboxylic acids is 1. The Kier molecular flexibility index (Phi) is 4.71. The van der Waals surface area contributed by atoms with E-state index in [0.717, 1.165) is 11.1 Å². The zero-order chi connectivity index (χ0) is 13.7. The van der Waals surface area contributed by atoms with Gasteiger partial charge in [0.1, 0.15) is 11.8 Å². The average molecular weight is 251 g/mol. The van der Waals surface area contributed by atoms with Crippen LogP contribution in [0.15, 0.2) is 18.2 Å². The van der Waals surface area contributed by atoms with Crippen molar-refractivity contribution in [2.24, 2.45) is 0 Å². The summed E-state index contributed by atoms with van der Waals surface area (Å²) in [5, 5.41) is 11.0. The van der Waals surface area contributed by atoms with E-state index in [0.29, 0.717) is 5.75 Å². The summed E-state index contributed by atoms with van der Waals surface area (Å²) in [4.78, 5) is 22.0. The molecule has 0 saturated carbocycles. The van der Waals surface area contributed by atoms with Crippen molar-refractivity contribution in [1.29, 1.82) is 0 Å². The lowest BCUT2D eigenvalue weighted by molar-refractivity contribution is -0.141. The Hall–Kier alpha value is -2.04. The summed E-state index contributed by atoms with van der Waals surface area (Å²) >= 11 is 0. The van der Waals surface area contributed by atoms with Crippen LogP contribution in [0.4, 0.5) is 0 Å². The maximum Gasteiger partial charge on any atom is 0.325 e. The zero-order valence-electron chi connectivity index (χ0n) is 10.7. The Labute approximate surface area is 106 Å². The van der Waals surface area contributed by atoms with Crippen LogP contribution < -0.4 is 10.1 Å². The number of carbonyl (C=O) groups is 2. The van der Waals surface area contributed by atoms with Gasteiger partial charge in [0.25, 0.3) is 5.91 Å². The number of benzene rings is 1. The summed E-state index contributed by atoms with van der Waals surface area (Å²) < 4.78 is 5.36. The molecule has 1 amide bonds. The molecule has 0 radical (unpaired) electrons. The van der Waals surface area contributed by atoms with Crippen molar-refractivity contribution in [3.05, 3.63) is 29.3 Å². The minimum Gasteiger partial charge on any atom is -0.483 e. The minimum absolute atomic E-state index is 0.193. The third kappa shape index (κ3) is 4.08. The van der Waals surface area contributed by atoms with Gasteiger partial charge in [-0.2, -0.15) is 0 Å². The first kappa shape index (κ1) is 14.0. The highest BCUT2D eigenvalue weighted by atomic mass is 16.5. The second-order valence-corrected chi connectivity index (χ2v) is 4.19. The molecule has 0 heterocycles. The van der Waals surface area contributed by atoms with Crippen LogP contribution in [-0.2, 0) is 9.59 Å². The lowest BCUT2D eigenvalue weighted by Gasteiger charge is -2.12. The lowest BCUT2D eigenvalue weighted by Crippen LogP contribution is -2.40. The third-order valence-corrected chi connectivity index (χ3v) is 2.45.